The van der Waals surface area contributed by atoms with Crippen molar-refractivity contribution in [1.82, 2.24) is 5.32 Å². The average Bonchev–Trinajstić information content (AvgIpc) is 3.10. The van der Waals surface area contributed by atoms with Crippen molar-refractivity contribution in [3.8, 4) is 0 Å². The molecule has 5 aromatic carbocycles. The van der Waals surface area contributed by atoms with E-state index < -0.39 is 36.3 Å². The first kappa shape index (κ1) is 46.7. The second-order valence-corrected chi connectivity index (χ2v) is 22.0. The van der Waals surface area contributed by atoms with Crippen LogP contribution in [-0.4, -0.2) is 56.0 Å². The molecule has 1 heterocycles. The Labute approximate surface area is 366 Å². The Kier molecular flexibility index (Phi) is 12.6. The maximum absolute atomic E-state index is 13.3. The fourth-order valence-corrected chi connectivity index (χ4v) is 12.3. The van der Waals surface area contributed by atoms with E-state index in [0.29, 0.717) is 67.4 Å². The number of anilines is 5. The molecule has 0 spiro atoms. The molecule has 0 aromatic heterocycles. The molecule has 62 heavy (non-hydrogen) atoms. The zero-order valence-corrected chi connectivity index (χ0v) is 39.0. The summed E-state index contributed by atoms with van der Waals surface area (Å²) in [6, 6.07) is 22.8. The summed E-state index contributed by atoms with van der Waals surface area (Å²) in [5.41, 5.74) is 7.12. The number of piperidine rings is 1. The molecule has 6 rings (SSSR count). The number of nitrogens with one attached hydrogen (secondary N) is 4. The van der Waals surface area contributed by atoms with Crippen LogP contribution >= 0.6 is 0 Å². The van der Waals surface area contributed by atoms with Crippen LogP contribution in [0.15, 0.2) is 93.5 Å². The number of hydrogen-bond acceptors (Lipinski definition) is 10. The van der Waals surface area contributed by atoms with Gasteiger partial charge in [0.25, 0.3) is 30.4 Å². The molecule has 1 aliphatic rings. The molecule has 0 unspecified atom stereocenters. The number of aryl methyl sites for hydroxylation is 4. The molecular weight excluding hydrogens is 849 g/mol. The van der Waals surface area contributed by atoms with Gasteiger partial charge in [-0.15, -0.1) is 0 Å². The minimum atomic E-state index is -4.78. The molecule has 0 bridgehead atoms. The van der Waals surface area contributed by atoms with Crippen molar-refractivity contribution < 1.29 is 38.9 Å². The zero-order chi connectivity index (χ0) is 45.9. The molecule has 1 fully saturated rings. The first-order valence-electron chi connectivity index (χ1n) is 20.1. The van der Waals surface area contributed by atoms with Crippen molar-refractivity contribution in [3.63, 3.8) is 0 Å². The molecule has 0 radical (unpaired) electrons. The lowest BCUT2D eigenvalue weighted by Crippen LogP contribution is -2.60. The van der Waals surface area contributed by atoms with Crippen LogP contribution in [0.1, 0.15) is 96.5 Å². The second-order valence-electron chi connectivity index (χ2n) is 17.9. The van der Waals surface area contributed by atoms with E-state index in [1.54, 1.807) is 70.2 Å². The first-order valence-corrected chi connectivity index (χ1v) is 24.4. The molecule has 0 atom stereocenters. The summed E-state index contributed by atoms with van der Waals surface area (Å²) >= 11 is 0. The second kappa shape index (κ2) is 16.7. The minimum Gasteiger partial charge on any atom is -0.382 e. The number of benzene rings is 5. The summed E-state index contributed by atoms with van der Waals surface area (Å²) in [5.74, 6) is -0.733. The van der Waals surface area contributed by atoms with Gasteiger partial charge in [-0.2, -0.15) is 25.3 Å². The molecule has 1 saturated heterocycles. The molecule has 0 aliphatic carbocycles. The molecule has 1 aliphatic heterocycles. The number of hydrogen-bond donors (Lipinski definition) is 7. The van der Waals surface area contributed by atoms with Gasteiger partial charge in [0.05, 0.1) is 0 Å². The van der Waals surface area contributed by atoms with Crippen LogP contribution < -0.4 is 21.3 Å². The summed E-state index contributed by atoms with van der Waals surface area (Å²) in [6.45, 7) is 18.6. The smallest absolute Gasteiger partial charge is 0.295 e. The zero-order valence-electron chi connectivity index (χ0n) is 36.6. The normalized spacial score (nSPS) is 15.7. The Morgan fingerprint density at radius 1 is 0.548 bits per heavy atom. The topological polar surface area (TPSA) is 211 Å². The van der Waals surface area contributed by atoms with Crippen LogP contribution in [0, 0.1) is 41.5 Å². The van der Waals surface area contributed by atoms with Gasteiger partial charge in [-0.05, 0) is 169 Å². The highest BCUT2D eigenvalue weighted by Gasteiger charge is 2.38. The van der Waals surface area contributed by atoms with Gasteiger partial charge < -0.3 is 21.3 Å². The summed E-state index contributed by atoms with van der Waals surface area (Å²) in [4.78, 5) is -0.609. The molecule has 5 aromatic rings. The monoisotopic (exact) mass is 904 g/mol. The highest BCUT2D eigenvalue weighted by Crippen LogP contribution is 2.41. The van der Waals surface area contributed by atoms with E-state index in [9.17, 15) is 38.9 Å². The molecular formula is C46H56N4O9S3. The van der Waals surface area contributed by atoms with Gasteiger partial charge in [-0.25, -0.2) is 0 Å². The molecule has 16 heteroatoms. The van der Waals surface area contributed by atoms with E-state index in [4.69, 9.17) is 0 Å². The molecule has 0 saturated carbocycles. The van der Waals surface area contributed by atoms with E-state index in [1.165, 1.54) is 6.07 Å². The molecule has 0 amide bonds. The van der Waals surface area contributed by atoms with Crippen LogP contribution in [0.2, 0.25) is 0 Å². The predicted octanol–water partition coefficient (Wildman–Crippen LogP) is 9.67. The standard InChI is InChI=1S/C46H56N4O9S3/c1-26-21-28(3)43(61(54,55)56)30(5)41(26)48-34-15-11-32(12-16-34)40(33-13-17-35(18-14-33)49-42-27(2)22-29(4)44(31(42)6)62(57,58)59)38-20-19-36(23-39(38)60(51,52)53)47-37-24-45(7,8)50-46(9,10)25-37/h11-23,37,40,47-50H,24-25H2,1-10H3,(H,51,52,53)(H,54,55,56)(H,57,58,59). The summed E-state index contributed by atoms with van der Waals surface area (Å²) < 4.78 is 107. The maximum Gasteiger partial charge on any atom is 0.295 e. The quantitative estimate of drug-likeness (QED) is 0.0460. The Morgan fingerprint density at radius 3 is 1.31 bits per heavy atom. The SMILES string of the molecule is Cc1cc(C)c(S(=O)(=O)O)c(C)c1Nc1ccc(C(c2ccc(Nc3c(C)cc(C)c(S(=O)(=O)O)c3C)cc2)c2ccc(NC3CC(C)(C)NC(C)(C)C3)cc2S(=O)(=O)O)cc1. The van der Waals surface area contributed by atoms with Crippen molar-refractivity contribution in [2.45, 2.75) is 120 Å². The summed E-state index contributed by atoms with van der Waals surface area (Å²) in [7, 11) is -13.8. The summed E-state index contributed by atoms with van der Waals surface area (Å²) in [5, 5.41) is 13.8. The fourth-order valence-electron chi connectivity index (χ4n) is 9.62. The highest BCUT2D eigenvalue weighted by atomic mass is 32.2. The lowest BCUT2D eigenvalue weighted by atomic mass is 9.79. The predicted molar refractivity (Wildman–Crippen MR) is 246 cm³/mol. The van der Waals surface area contributed by atoms with E-state index in [2.05, 4.69) is 49.0 Å². The largest absolute Gasteiger partial charge is 0.382 e. The van der Waals surface area contributed by atoms with Gasteiger partial charge in [0.2, 0.25) is 0 Å². The van der Waals surface area contributed by atoms with Gasteiger partial charge in [-0.1, -0.05) is 42.5 Å². The first-order chi connectivity index (χ1) is 28.5. The minimum absolute atomic E-state index is 0.0148. The summed E-state index contributed by atoms with van der Waals surface area (Å²) in [6.07, 6.45) is 1.56. The van der Waals surface area contributed by atoms with Crippen molar-refractivity contribution >= 4 is 58.8 Å². The van der Waals surface area contributed by atoms with Gasteiger partial charge in [0.15, 0.2) is 0 Å². The Balaban J connectivity index is 1.44. The van der Waals surface area contributed by atoms with Crippen LogP contribution in [0.5, 0.6) is 0 Å². The molecule has 332 valence electrons. The van der Waals surface area contributed by atoms with Crippen molar-refractivity contribution in [3.05, 3.63) is 129 Å². The Hall–Kier alpha value is -4.81. The highest BCUT2D eigenvalue weighted by molar-refractivity contribution is 7.86. The van der Waals surface area contributed by atoms with Gasteiger partial charge in [0, 0.05) is 51.5 Å². The maximum atomic E-state index is 13.3. The third-order valence-corrected chi connectivity index (χ3v) is 14.7. The fraction of sp³-hybridized carbons (Fsp3) is 0.348. The van der Waals surface area contributed by atoms with Gasteiger partial charge in [0.1, 0.15) is 14.7 Å². The number of rotatable bonds is 12. The lowest BCUT2D eigenvalue weighted by Gasteiger charge is -2.47. The van der Waals surface area contributed by atoms with Crippen LogP contribution in [0.3, 0.4) is 0 Å². The molecule has 13 nitrogen and oxygen atoms in total. The van der Waals surface area contributed by atoms with Gasteiger partial charge in [-0.3, -0.25) is 13.7 Å². The third-order valence-electron chi connectivity index (χ3n) is 11.5. The Bertz CT molecular complexity index is 2740. The van der Waals surface area contributed by atoms with Crippen molar-refractivity contribution in [2.24, 2.45) is 0 Å². The van der Waals surface area contributed by atoms with E-state index in [-0.39, 0.29) is 31.8 Å². The van der Waals surface area contributed by atoms with E-state index >= 15 is 0 Å². The Morgan fingerprint density at radius 2 is 0.935 bits per heavy atom. The van der Waals surface area contributed by atoms with Crippen LogP contribution in [-0.2, 0) is 30.4 Å². The van der Waals surface area contributed by atoms with Crippen molar-refractivity contribution in [1.29, 1.82) is 0 Å². The van der Waals surface area contributed by atoms with E-state index in [1.807, 2.05) is 44.2 Å². The molecule has 7 N–H and O–H groups in total. The lowest BCUT2D eigenvalue weighted by molar-refractivity contribution is 0.170. The van der Waals surface area contributed by atoms with E-state index in [0.717, 1.165) is 24.0 Å². The third kappa shape index (κ3) is 10.2. The average molecular weight is 905 g/mol. The van der Waals surface area contributed by atoms with Gasteiger partial charge >= 0.3 is 0 Å². The van der Waals surface area contributed by atoms with Crippen LogP contribution in [0.4, 0.5) is 28.4 Å². The van der Waals surface area contributed by atoms with Crippen molar-refractivity contribution in [2.75, 3.05) is 16.0 Å². The van der Waals surface area contributed by atoms with Crippen LogP contribution in [0.25, 0.3) is 0 Å².